The molecule has 1 unspecified atom stereocenters. The van der Waals surface area contributed by atoms with Crippen LogP contribution in [0, 0.1) is 0 Å². The van der Waals surface area contributed by atoms with Crippen molar-refractivity contribution in [2.24, 2.45) is 0 Å². The Balaban J connectivity index is 1.77. The molecule has 0 bridgehead atoms. The first kappa shape index (κ1) is 16.1. The minimum atomic E-state index is -0.860. The number of hydrogen-bond acceptors (Lipinski definition) is 3. The SMILES string of the molecule is O=C(O)CC1CCCCN1C(=O)Cc1cc(Cl)cc2c1OCC2. The van der Waals surface area contributed by atoms with Crippen LogP contribution in [0.4, 0.5) is 0 Å². The van der Waals surface area contributed by atoms with Crippen LogP contribution in [0.1, 0.15) is 36.8 Å². The van der Waals surface area contributed by atoms with Gasteiger partial charge in [-0.15, -0.1) is 0 Å². The van der Waals surface area contributed by atoms with Crippen molar-refractivity contribution in [1.29, 1.82) is 0 Å². The van der Waals surface area contributed by atoms with Gasteiger partial charge in [0, 0.05) is 29.6 Å². The maximum Gasteiger partial charge on any atom is 0.305 e. The summed E-state index contributed by atoms with van der Waals surface area (Å²) in [5.74, 6) is -0.132. The van der Waals surface area contributed by atoms with E-state index >= 15 is 0 Å². The van der Waals surface area contributed by atoms with Gasteiger partial charge < -0.3 is 14.7 Å². The van der Waals surface area contributed by atoms with E-state index in [-0.39, 0.29) is 24.8 Å². The summed E-state index contributed by atoms with van der Waals surface area (Å²) in [6.07, 6.45) is 3.67. The number of ether oxygens (including phenoxy) is 1. The summed E-state index contributed by atoms with van der Waals surface area (Å²) in [5, 5.41) is 9.65. The standard InChI is InChI=1S/C17H20ClNO4/c18-13-7-11-4-6-23-17(11)12(8-13)9-15(20)19-5-2-1-3-14(19)10-16(21)22/h7-8,14H,1-6,9-10H2,(H,21,22). The van der Waals surface area contributed by atoms with Crippen LogP contribution in [0.5, 0.6) is 5.75 Å². The molecule has 0 aromatic heterocycles. The highest BCUT2D eigenvalue weighted by Crippen LogP contribution is 2.33. The fourth-order valence-electron chi connectivity index (χ4n) is 3.48. The molecule has 1 N–H and O–H groups in total. The Kier molecular flexibility index (Phi) is 4.76. The molecule has 1 fully saturated rings. The van der Waals surface area contributed by atoms with Crippen LogP contribution in [0.3, 0.4) is 0 Å². The van der Waals surface area contributed by atoms with E-state index in [0.29, 0.717) is 18.2 Å². The molecule has 1 aromatic rings. The van der Waals surface area contributed by atoms with Gasteiger partial charge in [-0.05, 0) is 37.0 Å². The number of hydrogen-bond donors (Lipinski definition) is 1. The topological polar surface area (TPSA) is 66.8 Å². The lowest BCUT2D eigenvalue weighted by molar-refractivity contribution is -0.141. The summed E-state index contributed by atoms with van der Waals surface area (Å²) in [5.41, 5.74) is 1.84. The van der Waals surface area contributed by atoms with Gasteiger partial charge in [0.2, 0.25) is 5.91 Å². The molecule has 3 rings (SSSR count). The molecule has 1 atom stereocenters. The maximum absolute atomic E-state index is 12.7. The minimum Gasteiger partial charge on any atom is -0.493 e. The van der Waals surface area contributed by atoms with E-state index in [1.165, 1.54) is 0 Å². The summed E-state index contributed by atoms with van der Waals surface area (Å²) in [6.45, 7) is 1.24. The van der Waals surface area contributed by atoms with E-state index in [2.05, 4.69) is 0 Å². The number of carbonyl (C=O) groups excluding carboxylic acids is 1. The Bertz CT molecular complexity index is 631. The summed E-state index contributed by atoms with van der Waals surface area (Å²) >= 11 is 6.14. The second-order valence-corrected chi connectivity index (χ2v) is 6.60. The van der Waals surface area contributed by atoms with Gasteiger partial charge in [-0.3, -0.25) is 9.59 Å². The third-order valence-electron chi connectivity index (χ3n) is 4.52. The first-order chi connectivity index (χ1) is 11.0. The van der Waals surface area contributed by atoms with Crippen LogP contribution in [0.25, 0.3) is 0 Å². The zero-order valence-corrected chi connectivity index (χ0v) is 13.6. The molecule has 0 radical (unpaired) electrons. The zero-order chi connectivity index (χ0) is 16.4. The predicted molar refractivity (Wildman–Crippen MR) is 86.0 cm³/mol. The summed E-state index contributed by atoms with van der Waals surface area (Å²) in [4.78, 5) is 25.4. The Hall–Kier alpha value is -1.75. The molecule has 1 amide bonds. The van der Waals surface area contributed by atoms with E-state index in [9.17, 15) is 9.59 Å². The monoisotopic (exact) mass is 337 g/mol. The van der Waals surface area contributed by atoms with Crippen LogP contribution in [-0.4, -0.2) is 41.1 Å². The van der Waals surface area contributed by atoms with Crippen molar-refractivity contribution in [3.8, 4) is 5.75 Å². The quantitative estimate of drug-likeness (QED) is 0.917. The van der Waals surface area contributed by atoms with Crippen molar-refractivity contribution in [3.05, 3.63) is 28.3 Å². The molecule has 5 nitrogen and oxygen atoms in total. The first-order valence-corrected chi connectivity index (χ1v) is 8.38. The molecular formula is C17H20ClNO4. The number of aliphatic carboxylic acids is 1. The van der Waals surface area contributed by atoms with Crippen LogP contribution in [-0.2, 0) is 22.4 Å². The number of carboxylic acids is 1. The van der Waals surface area contributed by atoms with E-state index in [1.807, 2.05) is 6.07 Å². The highest BCUT2D eigenvalue weighted by Gasteiger charge is 2.29. The molecule has 1 aromatic carbocycles. The minimum absolute atomic E-state index is 0.00981. The number of carboxylic acid groups (broad SMARTS) is 1. The van der Waals surface area contributed by atoms with Gasteiger partial charge in [-0.25, -0.2) is 0 Å². The van der Waals surface area contributed by atoms with E-state index in [1.54, 1.807) is 11.0 Å². The number of benzene rings is 1. The van der Waals surface area contributed by atoms with Gasteiger partial charge in [-0.2, -0.15) is 0 Å². The maximum atomic E-state index is 12.7. The highest BCUT2D eigenvalue weighted by molar-refractivity contribution is 6.30. The predicted octanol–water partition coefficient (Wildman–Crippen LogP) is 2.67. The Morgan fingerprint density at radius 2 is 2.17 bits per heavy atom. The first-order valence-electron chi connectivity index (χ1n) is 8.00. The van der Waals surface area contributed by atoms with Crippen molar-refractivity contribution < 1.29 is 19.4 Å². The molecule has 124 valence electrons. The van der Waals surface area contributed by atoms with Crippen LogP contribution in [0.2, 0.25) is 5.02 Å². The highest BCUT2D eigenvalue weighted by atomic mass is 35.5. The van der Waals surface area contributed by atoms with E-state index in [4.69, 9.17) is 21.4 Å². The average Bonchev–Trinajstić information content (AvgIpc) is 2.95. The third kappa shape index (κ3) is 3.61. The Morgan fingerprint density at radius 3 is 2.96 bits per heavy atom. The summed E-state index contributed by atoms with van der Waals surface area (Å²) in [7, 11) is 0. The second kappa shape index (κ2) is 6.79. The van der Waals surface area contributed by atoms with Crippen molar-refractivity contribution >= 4 is 23.5 Å². The number of nitrogens with zero attached hydrogens (tertiary/aromatic N) is 1. The molecular weight excluding hydrogens is 318 g/mol. The van der Waals surface area contributed by atoms with Crippen LogP contribution < -0.4 is 4.74 Å². The average molecular weight is 338 g/mol. The van der Waals surface area contributed by atoms with Crippen LogP contribution >= 0.6 is 11.6 Å². The van der Waals surface area contributed by atoms with Crippen LogP contribution in [0.15, 0.2) is 12.1 Å². The Morgan fingerprint density at radius 1 is 1.35 bits per heavy atom. The lowest BCUT2D eigenvalue weighted by Gasteiger charge is -2.35. The zero-order valence-electron chi connectivity index (χ0n) is 12.9. The molecule has 2 aliphatic rings. The molecule has 0 aliphatic carbocycles. The summed E-state index contributed by atoms with van der Waals surface area (Å²) < 4.78 is 5.64. The summed E-state index contributed by atoms with van der Waals surface area (Å²) in [6, 6.07) is 3.45. The third-order valence-corrected chi connectivity index (χ3v) is 4.74. The molecule has 6 heteroatoms. The number of amides is 1. The van der Waals surface area contributed by atoms with Gasteiger partial charge in [0.05, 0.1) is 19.4 Å². The smallest absolute Gasteiger partial charge is 0.305 e. The Labute approximate surface area is 140 Å². The number of halogens is 1. The van der Waals surface area contributed by atoms with Crippen molar-refractivity contribution in [2.45, 2.75) is 44.6 Å². The fraction of sp³-hybridized carbons (Fsp3) is 0.529. The van der Waals surface area contributed by atoms with E-state index < -0.39 is 5.97 Å². The largest absolute Gasteiger partial charge is 0.493 e. The number of fused-ring (bicyclic) bond motifs is 1. The molecule has 2 aliphatic heterocycles. The van der Waals surface area contributed by atoms with Gasteiger partial charge in [0.25, 0.3) is 0 Å². The molecule has 2 heterocycles. The van der Waals surface area contributed by atoms with E-state index in [0.717, 1.165) is 42.6 Å². The van der Waals surface area contributed by atoms with Gasteiger partial charge in [0.15, 0.2) is 0 Å². The number of piperidine rings is 1. The van der Waals surface area contributed by atoms with Gasteiger partial charge in [-0.1, -0.05) is 11.6 Å². The molecule has 1 saturated heterocycles. The lowest BCUT2D eigenvalue weighted by atomic mass is 9.97. The van der Waals surface area contributed by atoms with Crippen molar-refractivity contribution in [3.63, 3.8) is 0 Å². The number of rotatable bonds is 4. The van der Waals surface area contributed by atoms with Crippen molar-refractivity contribution in [2.75, 3.05) is 13.2 Å². The molecule has 23 heavy (non-hydrogen) atoms. The van der Waals surface area contributed by atoms with Gasteiger partial charge >= 0.3 is 5.97 Å². The molecule has 0 saturated carbocycles. The normalized spacial score (nSPS) is 20.0. The van der Waals surface area contributed by atoms with Crippen molar-refractivity contribution in [1.82, 2.24) is 4.90 Å². The lowest BCUT2D eigenvalue weighted by Crippen LogP contribution is -2.45. The second-order valence-electron chi connectivity index (χ2n) is 6.16. The fourth-order valence-corrected chi connectivity index (χ4v) is 3.75. The van der Waals surface area contributed by atoms with Gasteiger partial charge in [0.1, 0.15) is 5.75 Å². The molecule has 0 spiro atoms. The number of carbonyl (C=O) groups is 2. The number of likely N-dealkylation sites (tertiary alicyclic amines) is 1.